The zero-order valence-corrected chi connectivity index (χ0v) is 8.37. The van der Waals surface area contributed by atoms with E-state index in [4.69, 9.17) is 10.3 Å². The predicted octanol–water partition coefficient (Wildman–Crippen LogP) is 1.10. The molecule has 6 nitrogen and oxygen atoms in total. The predicted molar refractivity (Wildman–Crippen MR) is 52.8 cm³/mol. The van der Waals surface area contributed by atoms with Gasteiger partial charge in [0.05, 0.1) is 0 Å². The minimum atomic E-state index is -1.32. The van der Waals surface area contributed by atoms with Crippen molar-refractivity contribution in [1.82, 2.24) is 5.06 Å². The van der Waals surface area contributed by atoms with Crippen molar-refractivity contribution < 1.29 is 24.6 Å². The van der Waals surface area contributed by atoms with Crippen molar-refractivity contribution in [2.75, 3.05) is 6.54 Å². The minimum Gasteiger partial charge on any atom is -0.480 e. The van der Waals surface area contributed by atoms with Gasteiger partial charge < -0.3 is 9.84 Å². The lowest BCUT2D eigenvalue weighted by atomic mass is 10.2. The van der Waals surface area contributed by atoms with E-state index in [2.05, 4.69) is 4.74 Å². The summed E-state index contributed by atoms with van der Waals surface area (Å²) in [5, 5.41) is 17.3. The molecule has 0 spiro atoms. The quantitative estimate of drug-likeness (QED) is 0.591. The van der Waals surface area contributed by atoms with Crippen LogP contribution in [0.25, 0.3) is 0 Å². The van der Waals surface area contributed by atoms with Gasteiger partial charge in [-0.15, -0.1) is 0 Å². The summed E-state index contributed by atoms with van der Waals surface area (Å²) >= 11 is 0. The Morgan fingerprint density at radius 1 is 1.25 bits per heavy atom. The normalized spacial score (nSPS) is 9.56. The lowest BCUT2D eigenvalue weighted by Crippen LogP contribution is -2.32. The Bertz CT molecular complexity index is 365. The van der Waals surface area contributed by atoms with Crippen molar-refractivity contribution >= 4 is 12.1 Å². The number of carboxylic acid groups (broad SMARTS) is 1. The van der Waals surface area contributed by atoms with Crippen LogP contribution in [0.5, 0.6) is 0 Å². The molecule has 1 aromatic carbocycles. The Morgan fingerprint density at radius 2 is 1.88 bits per heavy atom. The van der Waals surface area contributed by atoms with Crippen LogP contribution < -0.4 is 0 Å². The summed E-state index contributed by atoms with van der Waals surface area (Å²) in [4.78, 5) is 21.2. The third-order valence-corrected chi connectivity index (χ3v) is 1.70. The fraction of sp³-hybridized carbons (Fsp3) is 0.200. The van der Waals surface area contributed by atoms with E-state index in [0.717, 1.165) is 5.56 Å². The number of carbonyl (C=O) groups is 2. The van der Waals surface area contributed by atoms with Gasteiger partial charge in [-0.2, -0.15) is 5.06 Å². The van der Waals surface area contributed by atoms with Crippen LogP contribution in [0.2, 0.25) is 0 Å². The van der Waals surface area contributed by atoms with Gasteiger partial charge in [0, 0.05) is 0 Å². The van der Waals surface area contributed by atoms with E-state index < -0.39 is 18.6 Å². The first kappa shape index (κ1) is 12.0. The summed E-state index contributed by atoms with van der Waals surface area (Å²) in [7, 11) is 0. The molecule has 0 aliphatic heterocycles. The molecule has 0 aromatic heterocycles. The second-order valence-electron chi connectivity index (χ2n) is 2.99. The molecule has 6 heteroatoms. The molecule has 0 aliphatic carbocycles. The van der Waals surface area contributed by atoms with Crippen molar-refractivity contribution in [3.8, 4) is 0 Å². The van der Waals surface area contributed by atoms with Gasteiger partial charge >= 0.3 is 12.1 Å². The molecule has 1 amide bonds. The standard InChI is InChI=1S/C10H11NO5/c12-9(13)6-11(15)10(14)16-7-8-4-2-1-3-5-8/h1-5,15H,6-7H2,(H,12,13). The van der Waals surface area contributed by atoms with E-state index in [1.165, 1.54) is 0 Å². The van der Waals surface area contributed by atoms with Gasteiger partial charge in [-0.3, -0.25) is 10.0 Å². The Kier molecular flexibility index (Phi) is 4.28. The monoisotopic (exact) mass is 225 g/mol. The fourth-order valence-electron chi connectivity index (χ4n) is 0.986. The van der Waals surface area contributed by atoms with E-state index in [1.807, 2.05) is 6.07 Å². The van der Waals surface area contributed by atoms with Gasteiger partial charge in [-0.1, -0.05) is 30.3 Å². The first-order valence-electron chi connectivity index (χ1n) is 4.48. The molecule has 0 saturated heterocycles. The number of nitrogens with zero attached hydrogens (tertiary/aromatic N) is 1. The second kappa shape index (κ2) is 5.72. The number of hydrogen-bond acceptors (Lipinski definition) is 4. The molecule has 1 aromatic rings. The number of aliphatic carboxylic acids is 1. The Balaban J connectivity index is 2.38. The summed E-state index contributed by atoms with van der Waals surface area (Å²) in [6.45, 7) is -0.829. The van der Waals surface area contributed by atoms with E-state index in [1.54, 1.807) is 24.3 Å². The average Bonchev–Trinajstić information content (AvgIpc) is 2.26. The Labute approximate surface area is 91.6 Å². The van der Waals surface area contributed by atoms with Crippen LogP contribution in [0.1, 0.15) is 5.56 Å². The van der Waals surface area contributed by atoms with Crippen molar-refractivity contribution in [2.24, 2.45) is 0 Å². The van der Waals surface area contributed by atoms with Gasteiger partial charge in [0.25, 0.3) is 0 Å². The molecule has 0 atom stereocenters. The maximum absolute atomic E-state index is 11.0. The highest BCUT2D eigenvalue weighted by atomic mass is 16.6. The first-order valence-corrected chi connectivity index (χ1v) is 4.48. The minimum absolute atomic E-state index is 0.00523. The van der Waals surface area contributed by atoms with Crippen LogP contribution in [0, 0.1) is 0 Å². The van der Waals surface area contributed by atoms with E-state index in [0.29, 0.717) is 0 Å². The van der Waals surface area contributed by atoms with Crippen molar-refractivity contribution in [3.05, 3.63) is 35.9 Å². The highest BCUT2D eigenvalue weighted by molar-refractivity contribution is 5.75. The molecule has 0 fully saturated rings. The number of rotatable bonds is 4. The van der Waals surface area contributed by atoms with Crippen LogP contribution in [0.4, 0.5) is 4.79 Å². The maximum atomic E-state index is 11.0. The topological polar surface area (TPSA) is 87.1 Å². The van der Waals surface area contributed by atoms with E-state index in [9.17, 15) is 9.59 Å². The van der Waals surface area contributed by atoms with Crippen LogP contribution in [0.15, 0.2) is 30.3 Å². The lowest BCUT2D eigenvalue weighted by Gasteiger charge is -2.12. The average molecular weight is 225 g/mol. The largest absolute Gasteiger partial charge is 0.480 e. The maximum Gasteiger partial charge on any atom is 0.434 e. The van der Waals surface area contributed by atoms with Gasteiger partial charge in [-0.05, 0) is 5.56 Å². The van der Waals surface area contributed by atoms with Gasteiger partial charge in [0.2, 0.25) is 0 Å². The summed E-state index contributed by atoms with van der Waals surface area (Å²) in [6, 6.07) is 8.85. The smallest absolute Gasteiger partial charge is 0.434 e. The molecule has 0 bridgehead atoms. The number of benzene rings is 1. The SMILES string of the molecule is O=C(O)CN(O)C(=O)OCc1ccccc1. The molecule has 2 N–H and O–H groups in total. The molecule has 0 saturated carbocycles. The van der Waals surface area contributed by atoms with Crippen LogP contribution in [0.3, 0.4) is 0 Å². The van der Waals surface area contributed by atoms with E-state index >= 15 is 0 Å². The zero-order chi connectivity index (χ0) is 12.0. The van der Waals surface area contributed by atoms with Crippen molar-refractivity contribution in [1.29, 1.82) is 0 Å². The Hall–Kier alpha value is -2.08. The summed E-state index contributed by atoms with van der Waals surface area (Å²) in [5.74, 6) is -1.32. The number of hydroxylamine groups is 2. The lowest BCUT2D eigenvalue weighted by molar-refractivity contribution is -0.148. The summed E-state index contributed by atoms with van der Waals surface area (Å²) in [6.07, 6.45) is -1.09. The van der Waals surface area contributed by atoms with Crippen molar-refractivity contribution in [2.45, 2.75) is 6.61 Å². The third kappa shape index (κ3) is 3.97. The zero-order valence-electron chi connectivity index (χ0n) is 8.37. The highest BCUT2D eigenvalue weighted by Crippen LogP contribution is 2.02. The number of carbonyl (C=O) groups excluding carboxylic acids is 1. The third-order valence-electron chi connectivity index (χ3n) is 1.70. The number of amides is 1. The molecule has 0 unspecified atom stereocenters. The molecular weight excluding hydrogens is 214 g/mol. The summed E-state index contributed by atoms with van der Waals surface area (Å²) < 4.78 is 4.66. The fourth-order valence-corrected chi connectivity index (χ4v) is 0.986. The van der Waals surface area contributed by atoms with Crippen LogP contribution in [-0.2, 0) is 16.1 Å². The molecule has 16 heavy (non-hydrogen) atoms. The van der Waals surface area contributed by atoms with Gasteiger partial charge in [0.15, 0.2) is 0 Å². The molecule has 0 radical (unpaired) electrons. The number of hydrogen-bond donors (Lipinski definition) is 2. The van der Waals surface area contributed by atoms with Gasteiger partial charge in [-0.25, -0.2) is 4.79 Å². The van der Waals surface area contributed by atoms with Gasteiger partial charge in [0.1, 0.15) is 13.2 Å². The van der Waals surface area contributed by atoms with Crippen LogP contribution in [-0.4, -0.2) is 34.0 Å². The van der Waals surface area contributed by atoms with Crippen molar-refractivity contribution in [3.63, 3.8) is 0 Å². The molecular formula is C10H11NO5. The summed E-state index contributed by atoms with van der Waals surface area (Å²) in [5.41, 5.74) is 0.750. The Morgan fingerprint density at radius 3 is 2.44 bits per heavy atom. The number of ether oxygens (including phenoxy) is 1. The second-order valence-corrected chi connectivity index (χ2v) is 2.99. The molecule has 86 valence electrons. The van der Waals surface area contributed by atoms with E-state index in [-0.39, 0.29) is 11.7 Å². The number of carboxylic acids is 1. The highest BCUT2D eigenvalue weighted by Gasteiger charge is 2.15. The molecule has 1 rings (SSSR count). The molecule has 0 aliphatic rings. The molecule has 0 heterocycles. The first-order chi connectivity index (χ1) is 7.59. The van der Waals surface area contributed by atoms with Crippen LogP contribution >= 0.6 is 0 Å².